The lowest BCUT2D eigenvalue weighted by atomic mass is 10.0. The zero-order chi connectivity index (χ0) is 19.3. The van der Waals surface area contributed by atoms with Gasteiger partial charge in [-0.25, -0.2) is 0 Å². The summed E-state index contributed by atoms with van der Waals surface area (Å²) in [5, 5.41) is 3.06. The zero-order valence-electron chi connectivity index (χ0n) is 16.7. The Labute approximate surface area is 167 Å². The van der Waals surface area contributed by atoms with Crippen LogP contribution < -0.4 is 15.1 Å². The van der Waals surface area contributed by atoms with E-state index in [1.165, 1.54) is 16.9 Å². The lowest BCUT2D eigenvalue weighted by Gasteiger charge is -2.35. The maximum Gasteiger partial charge on any atom is 0.243 e. The maximum absolute atomic E-state index is 12.6. The van der Waals surface area contributed by atoms with Crippen LogP contribution in [0, 0.1) is 0 Å². The van der Waals surface area contributed by atoms with Gasteiger partial charge in [-0.1, -0.05) is 25.1 Å². The molecule has 0 radical (unpaired) electrons. The van der Waals surface area contributed by atoms with Gasteiger partial charge in [-0.05, 0) is 55.3 Å². The van der Waals surface area contributed by atoms with Gasteiger partial charge in [0.2, 0.25) is 5.91 Å². The molecule has 0 aliphatic carbocycles. The van der Waals surface area contributed by atoms with Gasteiger partial charge in [-0.2, -0.15) is 0 Å². The van der Waals surface area contributed by atoms with Crippen molar-refractivity contribution in [2.75, 3.05) is 60.9 Å². The van der Waals surface area contributed by atoms with E-state index in [-0.39, 0.29) is 5.91 Å². The molecule has 28 heavy (non-hydrogen) atoms. The molecule has 0 saturated carbocycles. The van der Waals surface area contributed by atoms with Gasteiger partial charge in [0.15, 0.2) is 0 Å². The highest BCUT2D eigenvalue weighted by atomic mass is 16.2. The summed E-state index contributed by atoms with van der Waals surface area (Å²) in [6.07, 6.45) is 2.20. The number of para-hydroxylation sites is 1. The van der Waals surface area contributed by atoms with E-state index in [1.54, 1.807) is 0 Å². The van der Waals surface area contributed by atoms with Crippen molar-refractivity contribution in [2.45, 2.75) is 19.8 Å². The van der Waals surface area contributed by atoms with Crippen molar-refractivity contribution in [2.24, 2.45) is 0 Å². The van der Waals surface area contributed by atoms with E-state index in [2.05, 4.69) is 57.3 Å². The molecule has 0 atom stereocenters. The minimum absolute atomic E-state index is 0.0426. The van der Waals surface area contributed by atoms with Gasteiger partial charge >= 0.3 is 0 Å². The minimum Gasteiger partial charge on any atom is -0.369 e. The molecule has 5 nitrogen and oxygen atoms in total. The normalized spacial score (nSPS) is 17.3. The summed E-state index contributed by atoms with van der Waals surface area (Å²) in [6.45, 7) is 9.04. The van der Waals surface area contributed by atoms with Crippen molar-refractivity contribution < 1.29 is 4.79 Å². The fourth-order valence-corrected chi connectivity index (χ4v) is 4.23. The summed E-state index contributed by atoms with van der Waals surface area (Å²) < 4.78 is 0. The molecule has 0 spiro atoms. The van der Waals surface area contributed by atoms with Crippen LogP contribution in [0.2, 0.25) is 0 Å². The topological polar surface area (TPSA) is 38.8 Å². The number of benzene rings is 2. The molecule has 4 rings (SSSR count). The Morgan fingerprint density at radius 2 is 1.71 bits per heavy atom. The number of aryl methyl sites for hydroxylation is 1. The smallest absolute Gasteiger partial charge is 0.243 e. The quantitative estimate of drug-likeness (QED) is 0.867. The Balaban J connectivity index is 1.33. The molecule has 1 saturated heterocycles. The molecule has 1 amide bonds. The van der Waals surface area contributed by atoms with E-state index in [9.17, 15) is 4.79 Å². The van der Waals surface area contributed by atoms with Crippen molar-refractivity contribution in [3.05, 3.63) is 54.1 Å². The van der Waals surface area contributed by atoms with Crippen molar-refractivity contribution in [3.63, 3.8) is 0 Å². The molecule has 148 valence electrons. The number of hydrogen-bond donors (Lipinski definition) is 1. The molecule has 0 aromatic heterocycles. The van der Waals surface area contributed by atoms with Crippen LogP contribution in [0.25, 0.3) is 0 Å². The highest BCUT2D eigenvalue weighted by Gasteiger charge is 2.19. The number of hydrogen-bond acceptors (Lipinski definition) is 4. The molecule has 2 aliphatic rings. The van der Waals surface area contributed by atoms with Gasteiger partial charge in [0.25, 0.3) is 0 Å². The number of nitrogens with one attached hydrogen (secondary N) is 1. The molecular formula is C23H30N4O. The molecule has 2 aromatic rings. The third-order valence-electron chi connectivity index (χ3n) is 5.88. The van der Waals surface area contributed by atoms with Crippen LogP contribution in [0.5, 0.6) is 0 Å². The van der Waals surface area contributed by atoms with E-state index in [1.807, 2.05) is 18.2 Å². The Bertz CT molecular complexity index is 797. The molecule has 0 bridgehead atoms. The summed E-state index contributed by atoms with van der Waals surface area (Å²) in [5.74, 6) is 0.0426. The first-order valence-electron chi connectivity index (χ1n) is 10.4. The van der Waals surface area contributed by atoms with Gasteiger partial charge in [0.1, 0.15) is 0 Å². The Morgan fingerprint density at radius 1 is 0.964 bits per heavy atom. The standard InChI is InChI=1S/C23H30N4O/c1-2-25-14-16-26(17-15-25)21-11-9-20(10-12-21)24-23(28)18-27-13-5-7-19-6-3-4-8-22(19)27/h3-4,6,8-12H,2,5,7,13-18H2,1H3,(H,24,28). The first-order chi connectivity index (χ1) is 13.7. The van der Waals surface area contributed by atoms with Gasteiger partial charge in [0, 0.05) is 49.8 Å². The lowest BCUT2D eigenvalue weighted by Crippen LogP contribution is -2.46. The minimum atomic E-state index is 0.0426. The third kappa shape index (κ3) is 4.30. The van der Waals surface area contributed by atoms with Gasteiger partial charge < -0.3 is 20.0 Å². The fraction of sp³-hybridized carbons (Fsp3) is 0.435. The van der Waals surface area contributed by atoms with E-state index in [4.69, 9.17) is 0 Å². The molecule has 2 heterocycles. The van der Waals surface area contributed by atoms with Crippen LogP contribution in [-0.2, 0) is 11.2 Å². The fourth-order valence-electron chi connectivity index (χ4n) is 4.23. The first kappa shape index (κ1) is 18.8. The molecule has 0 unspecified atom stereocenters. The van der Waals surface area contributed by atoms with E-state index < -0.39 is 0 Å². The van der Waals surface area contributed by atoms with Crippen LogP contribution in [0.15, 0.2) is 48.5 Å². The van der Waals surface area contributed by atoms with Crippen LogP contribution in [0.4, 0.5) is 17.1 Å². The average molecular weight is 379 g/mol. The summed E-state index contributed by atoms with van der Waals surface area (Å²) >= 11 is 0. The van der Waals surface area contributed by atoms with Crippen LogP contribution >= 0.6 is 0 Å². The Hall–Kier alpha value is -2.53. The van der Waals surface area contributed by atoms with Crippen LogP contribution in [0.3, 0.4) is 0 Å². The van der Waals surface area contributed by atoms with Gasteiger partial charge in [-0.15, -0.1) is 0 Å². The van der Waals surface area contributed by atoms with E-state index in [0.717, 1.165) is 57.8 Å². The molecule has 2 aliphatic heterocycles. The third-order valence-corrected chi connectivity index (χ3v) is 5.88. The average Bonchev–Trinajstić information content (AvgIpc) is 2.75. The highest BCUT2D eigenvalue weighted by Crippen LogP contribution is 2.26. The number of rotatable bonds is 5. The van der Waals surface area contributed by atoms with Gasteiger partial charge in [0.05, 0.1) is 6.54 Å². The molecule has 1 N–H and O–H groups in total. The lowest BCUT2D eigenvalue weighted by molar-refractivity contribution is -0.115. The monoisotopic (exact) mass is 378 g/mol. The van der Waals surface area contributed by atoms with Crippen molar-refractivity contribution in [1.29, 1.82) is 0 Å². The predicted octanol–water partition coefficient (Wildman–Crippen LogP) is 3.22. The second kappa shape index (κ2) is 8.65. The number of likely N-dealkylation sites (N-methyl/N-ethyl adjacent to an activating group) is 1. The summed E-state index contributed by atoms with van der Waals surface area (Å²) in [6, 6.07) is 16.7. The number of anilines is 3. The van der Waals surface area contributed by atoms with E-state index in [0.29, 0.717) is 6.54 Å². The first-order valence-corrected chi connectivity index (χ1v) is 10.4. The predicted molar refractivity (Wildman–Crippen MR) is 116 cm³/mol. The Kier molecular flexibility index (Phi) is 5.81. The number of carbonyl (C=O) groups excluding carboxylic acids is 1. The summed E-state index contributed by atoms with van der Waals surface area (Å²) in [5.41, 5.74) is 4.64. The zero-order valence-corrected chi connectivity index (χ0v) is 16.7. The maximum atomic E-state index is 12.6. The van der Waals surface area contributed by atoms with Crippen LogP contribution in [0.1, 0.15) is 18.9 Å². The van der Waals surface area contributed by atoms with Crippen LogP contribution in [-0.4, -0.2) is 56.6 Å². The Morgan fingerprint density at radius 3 is 2.46 bits per heavy atom. The summed E-state index contributed by atoms with van der Waals surface area (Å²) in [7, 11) is 0. The number of piperazine rings is 1. The second-order valence-corrected chi connectivity index (χ2v) is 7.67. The molecular weight excluding hydrogens is 348 g/mol. The summed E-state index contributed by atoms with van der Waals surface area (Å²) in [4.78, 5) is 19.7. The highest BCUT2D eigenvalue weighted by molar-refractivity contribution is 5.94. The largest absolute Gasteiger partial charge is 0.369 e. The van der Waals surface area contributed by atoms with Crippen molar-refractivity contribution in [1.82, 2.24) is 4.90 Å². The SMILES string of the molecule is CCN1CCN(c2ccc(NC(=O)CN3CCCc4ccccc43)cc2)CC1. The van der Waals surface area contributed by atoms with E-state index >= 15 is 0 Å². The number of carbonyl (C=O) groups is 1. The van der Waals surface area contributed by atoms with Crippen molar-refractivity contribution in [3.8, 4) is 0 Å². The molecule has 2 aromatic carbocycles. The number of nitrogens with zero attached hydrogens (tertiary/aromatic N) is 3. The molecule has 1 fully saturated rings. The number of amides is 1. The van der Waals surface area contributed by atoms with Crippen molar-refractivity contribution >= 4 is 23.0 Å². The number of fused-ring (bicyclic) bond motifs is 1. The van der Waals surface area contributed by atoms with Gasteiger partial charge in [-0.3, -0.25) is 4.79 Å². The molecule has 5 heteroatoms. The second-order valence-electron chi connectivity index (χ2n) is 7.67.